The molecule has 2 aromatic carbocycles. The van der Waals surface area contributed by atoms with Crippen molar-refractivity contribution in [3.05, 3.63) is 81.3 Å². The Labute approximate surface area is 153 Å². The van der Waals surface area contributed by atoms with Gasteiger partial charge in [-0.25, -0.2) is 9.67 Å². The van der Waals surface area contributed by atoms with Gasteiger partial charge in [0.25, 0.3) is 0 Å². The fraction of sp³-hybridized carbons (Fsp3) is 0.176. The Balaban J connectivity index is 1.78. The van der Waals surface area contributed by atoms with Crippen LogP contribution < -0.4 is 0 Å². The number of ether oxygens (including phenoxy) is 1. The van der Waals surface area contributed by atoms with Crippen LogP contribution >= 0.6 is 34.8 Å². The largest absolute Gasteiger partial charge is 0.354 e. The quantitative estimate of drug-likeness (QED) is 0.604. The highest BCUT2D eigenvalue weighted by atomic mass is 35.5. The van der Waals surface area contributed by atoms with Gasteiger partial charge < -0.3 is 4.74 Å². The Morgan fingerprint density at radius 1 is 1.08 bits per heavy atom. The van der Waals surface area contributed by atoms with E-state index in [0.29, 0.717) is 21.6 Å². The monoisotopic (exact) mass is 379 g/mol. The van der Waals surface area contributed by atoms with Gasteiger partial charge in [0, 0.05) is 26.2 Å². The van der Waals surface area contributed by atoms with E-state index in [4.69, 9.17) is 39.5 Å². The van der Waals surface area contributed by atoms with Gasteiger partial charge >= 0.3 is 0 Å². The van der Waals surface area contributed by atoms with Gasteiger partial charge in [0.1, 0.15) is 24.4 Å². The molecule has 24 heavy (non-hydrogen) atoms. The molecule has 2 atom stereocenters. The number of epoxide rings is 1. The predicted molar refractivity (Wildman–Crippen MR) is 93.4 cm³/mol. The molecule has 4 nitrogen and oxygen atoms in total. The van der Waals surface area contributed by atoms with E-state index in [1.54, 1.807) is 23.1 Å². The molecule has 2 heterocycles. The van der Waals surface area contributed by atoms with Crippen molar-refractivity contribution in [3.63, 3.8) is 0 Å². The third kappa shape index (κ3) is 2.70. The molecular formula is C17H12Cl3N3O. The summed E-state index contributed by atoms with van der Waals surface area (Å²) in [5.41, 5.74) is 1.14. The molecule has 1 aliphatic heterocycles. The van der Waals surface area contributed by atoms with Crippen LogP contribution in [0.5, 0.6) is 0 Å². The highest BCUT2D eigenvalue weighted by Gasteiger charge is 2.60. The topological polar surface area (TPSA) is 43.2 Å². The van der Waals surface area contributed by atoms with Crippen LogP contribution in [0.25, 0.3) is 0 Å². The first-order valence-electron chi connectivity index (χ1n) is 7.30. The minimum absolute atomic E-state index is 0.230. The second kappa shape index (κ2) is 6.05. The summed E-state index contributed by atoms with van der Waals surface area (Å²) < 4.78 is 7.88. The lowest BCUT2D eigenvalue weighted by Crippen LogP contribution is -2.20. The smallest absolute Gasteiger partial charge is 0.145 e. The first-order chi connectivity index (χ1) is 11.6. The number of aromatic nitrogens is 3. The molecule has 7 heteroatoms. The van der Waals surface area contributed by atoms with Crippen LogP contribution in [0.1, 0.15) is 17.2 Å². The maximum atomic E-state index is 6.43. The van der Waals surface area contributed by atoms with E-state index in [2.05, 4.69) is 10.1 Å². The molecule has 4 rings (SSSR count). The first-order valence-corrected chi connectivity index (χ1v) is 8.44. The number of benzene rings is 2. The molecule has 0 aliphatic carbocycles. The van der Waals surface area contributed by atoms with Crippen molar-refractivity contribution in [1.29, 1.82) is 0 Å². The van der Waals surface area contributed by atoms with Crippen LogP contribution in [-0.2, 0) is 16.9 Å². The molecule has 0 N–H and O–H groups in total. The summed E-state index contributed by atoms with van der Waals surface area (Å²) in [5, 5.41) is 5.99. The van der Waals surface area contributed by atoms with Gasteiger partial charge in [-0.2, -0.15) is 5.10 Å². The third-order valence-corrected chi connectivity index (χ3v) is 5.02. The van der Waals surface area contributed by atoms with Crippen molar-refractivity contribution in [2.45, 2.75) is 18.2 Å². The molecule has 1 saturated heterocycles. The fourth-order valence-corrected chi connectivity index (χ4v) is 3.78. The first kappa shape index (κ1) is 15.9. The maximum Gasteiger partial charge on any atom is 0.145 e. The Bertz CT molecular complexity index is 885. The second-order valence-electron chi connectivity index (χ2n) is 5.63. The molecule has 1 unspecified atom stereocenters. The summed E-state index contributed by atoms with van der Waals surface area (Å²) in [6.07, 6.45) is 2.92. The molecule has 122 valence electrons. The van der Waals surface area contributed by atoms with E-state index in [1.165, 1.54) is 6.33 Å². The predicted octanol–water partition coefficient (Wildman–Crippen LogP) is 4.91. The Morgan fingerprint density at radius 2 is 1.92 bits per heavy atom. The second-order valence-corrected chi connectivity index (χ2v) is 6.88. The molecule has 1 aromatic heterocycles. The van der Waals surface area contributed by atoms with E-state index >= 15 is 0 Å². The Kier molecular flexibility index (Phi) is 4.01. The van der Waals surface area contributed by atoms with Gasteiger partial charge in [0.05, 0.1) is 6.54 Å². The van der Waals surface area contributed by atoms with E-state index in [0.717, 1.165) is 11.1 Å². The molecule has 0 bridgehead atoms. The zero-order valence-corrected chi connectivity index (χ0v) is 14.6. The van der Waals surface area contributed by atoms with Gasteiger partial charge in [0.2, 0.25) is 0 Å². The summed E-state index contributed by atoms with van der Waals surface area (Å²) in [5.74, 6) is 0. The zero-order chi connectivity index (χ0) is 16.7. The fourth-order valence-electron chi connectivity index (χ4n) is 2.97. The zero-order valence-electron chi connectivity index (χ0n) is 12.4. The average molecular weight is 381 g/mol. The average Bonchev–Trinajstić information content (AvgIpc) is 3.01. The van der Waals surface area contributed by atoms with E-state index < -0.39 is 5.60 Å². The molecule has 3 aromatic rings. The summed E-state index contributed by atoms with van der Waals surface area (Å²) in [7, 11) is 0. The number of nitrogens with zero attached hydrogens (tertiary/aromatic N) is 3. The van der Waals surface area contributed by atoms with Crippen molar-refractivity contribution >= 4 is 34.8 Å². The third-order valence-electron chi connectivity index (χ3n) is 4.13. The molecule has 0 saturated carbocycles. The summed E-state index contributed by atoms with van der Waals surface area (Å²) in [4.78, 5) is 4.00. The minimum atomic E-state index is -0.635. The van der Waals surface area contributed by atoms with Crippen molar-refractivity contribution in [1.82, 2.24) is 14.8 Å². The lowest BCUT2D eigenvalue weighted by Gasteiger charge is -2.15. The van der Waals surface area contributed by atoms with Crippen LogP contribution in [0.15, 0.2) is 55.1 Å². The van der Waals surface area contributed by atoms with Gasteiger partial charge in [-0.1, -0.05) is 59.1 Å². The van der Waals surface area contributed by atoms with Gasteiger partial charge in [-0.15, -0.1) is 0 Å². The number of rotatable bonds is 4. The molecule has 1 fully saturated rings. The number of halogens is 3. The molecule has 0 radical (unpaired) electrons. The SMILES string of the molecule is Clc1ccc(C2O[C@]2(Cn2cncn2)c2ccccc2Cl)c(Cl)c1. The van der Waals surface area contributed by atoms with Crippen molar-refractivity contribution in [3.8, 4) is 0 Å². The molecule has 0 amide bonds. The maximum absolute atomic E-state index is 6.43. The lowest BCUT2D eigenvalue weighted by atomic mass is 9.91. The minimum Gasteiger partial charge on any atom is -0.354 e. The van der Waals surface area contributed by atoms with E-state index in [9.17, 15) is 0 Å². The van der Waals surface area contributed by atoms with Crippen LogP contribution in [0.4, 0.5) is 0 Å². The summed E-state index contributed by atoms with van der Waals surface area (Å²) >= 11 is 18.8. The Morgan fingerprint density at radius 3 is 2.62 bits per heavy atom. The van der Waals surface area contributed by atoms with E-state index in [1.807, 2.05) is 30.3 Å². The highest BCUT2D eigenvalue weighted by Crippen LogP contribution is 2.60. The molecule has 1 aliphatic rings. The summed E-state index contributed by atoms with van der Waals surface area (Å²) in [6, 6.07) is 13.0. The lowest BCUT2D eigenvalue weighted by molar-refractivity contribution is 0.262. The normalized spacial score (nSPS) is 22.5. The van der Waals surface area contributed by atoms with Gasteiger partial charge in [-0.05, 0) is 18.2 Å². The highest BCUT2D eigenvalue weighted by molar-refractivity contribution is 6.35. The molecule has 0 spiro atoms. The van der Waals surface area contributed by atoms with Crippen LogP contribution in [0.3, 0.4) is 0 Å². The van der Waals surface area contributed by atoms with Crippen molar-refractivity contribution in [2.75, 3.05) is 0 Å². The van der Waals surface area contributed by atoms with Gasteiger partial charge in [-0.3, -0.25) is 0 Å². The van der Waals surface area contributed by atoms with E-state index in [-0.39, 0.29) is 6.10 Å². The summed E-state index contributed by atoms with van der Waals surface area (Å²) in [6.45, 7) is 0.486. The standard InChI is InChI=1S/C17H12Cl3N3O/c18-11-5-6-12(15(20)7-11)16-17(24-16,8-23-10-21-9-22-23)13-3-1-2-4-14(13)19/h1-7,9-10,16H,8H2/t16?,17-/m1/s1. The Hall–Kier alpha value is -1.59. The number of hydrogen-bond donors (Lipinski definition) is 0. The van der Waals surface area contributed by atoms with Gasteiger partial charge in [0.15, 0.2) is 0 Å². The van der Waals surface area contributed by atoms with Crippen LogP contribution in [0, 0.1) is 0 Å². The number of hydrogen-bond acceptors (Lipinski definition) is 3. The molecular weight excluding hydrogens is 369 g/mol. The van der Waals surface area contributed by atoms with Crippen molar-refractivity contribution < 1.29 is 4.74 Å². The van der Waals surface area contributed by atoms with Crippen LogP contribution in [-0.4, -0.2) is 14.8 Å². The van der Waals surface area contributed by atoms with Crippen molar-refractivity contribution in [2.24, 2.45) is 0 Å². The van der Waals surface area contributed by atoms with Crippen LogP contribution in [0.2, 0.25) is 15.1 Å².